The van der Waals surface area contributed by atoms with Crippen LogP contribution in [-0.4, -0.2) is 48.8 Å². The van der Waals surface area contributed by atoms with E-state index in [9.17, 15) is 9.59 Å². The van der Waals surface area contributed by atoms with Crippen molar-refractivity contribution < 1.29 is 23.8 Å². The zero-order valence-electron chi connectivity index (χ0n) is 16.3. The molecule has 2 heterocycles. The molecule has 2 amide bonds. The van der Waals surface area contributed by atoms with Crippen LogP contribution in [0, 0.1) is 0 Å². The monoisotopic (exact) mass is 409 g/mol. The molecule has 0 radical (unpaired) electrons. The van der Waals surface area contributed by atoms with Crippen molar-refractivity contribution in [2.45, 2.75) is 6.04 Å². The summed E-state index contributed by atoms with van der Waals surface area (Å²) >= 11 is 0. The molecule has 0 spiro atoms. The van der Waals surface area contributed by atoms with Crippen LogP contribution >= 0.6 is 0 Å². The third-order valence-corrected chi connectivity index (χ3v) is 4.56. The highest BCUT2D eigenvalue weighted by Gasteiger charge is 2.29. The van der Waals surface area contributed by atoms with E-state index in [2.05, 4.69) is 25.9 Å². The van der Waals surface area contributed by atoms with Crippen molar-refractivity contribution >= 4 is 40.1 Å². The second-order valence-corrected chi connectivity index (χ2v) is 6.43. The van der Waals surface area contributed by atoms with Gasteiger partial charge in [-0.1, -0.05) is 0 Å². The highest BCUT2D eigenvalue weighted by atomic mass is 16.6. The lowest BCUT2D eigenvalue weighted by Crippen LogP contribution is -2.38. The van der Waals surface area contributed by atoms with E-state index >= 15 is 0 Å². The Bertz CT molecular complexity index is 1100. The Kier molecular flexibility index (Phi) is 5.21. The van der Waals surface area contributed by atoms with Gasteiger partial charge in [-0.25, -0.2) is 14.8 Å². The van der Waals surface area contributed by atoms with Crippen LogP contribution in [0.1, 0.15) is 0 Å². The van der Waals surface area contributed by atoms with Gasteiger partial charge in [0, 0.05) is 17.1 Å². The van der Waals surface area contributed by atoms with Crippen LogP contribution < -0.4 is 25.4 Å². The largest absolute Gasteiger partial charge is 0.497 e. The van der Waals surface area contributed by atoms with Crippen molar-refractivity contribution in [2.24, 2.45) is 0 Å². The molecule has 4 rings (SSSR count). The highest BCUT2D eigenvalue weighted by molar-refractivity contribution is 6.02. The molecule has 0 aliphatic carbocycles. The molecule has 1 aliphatic rings. The van der Waals surface area contributed by atoms with Gasteiger partial charge in [-0.3, -0.25) is 4.79 Å². The first-order valence-electron chi connectivity index (χ1n) is 9.05. The van der Waals surface area contributed by atoms with Gasteiger partial charge in [0.25, 0.3) is 5.91 Å². The van der Waals surface area contributed by atoms with E-state index < -0.39 is 18.0 Å². The van der Waals surface area contributed by atoms with Crippen LogP contribution in [0.25, 0.3) is 10.9 Å². The molecule has 3 N–H and O–H groups in total. The summed E-state index contributed by atoms with van der Waals surface area (Å²) in [4.78, 5) is 32.3. The van der Waals surface area contributed by atoms with Crippen molar-refractivity contribution in [1.29, 1.82) is 0 Å². The number of carbonyl (C=O) groups excluding carboxylic acids is 2. The predicted molar refractivity (Wildman–Crippen MR) is 109 cm³/mol. The molecular formula is C20H19N5O5. The molecule has 2 aromatic carbocycles. The molecule has 154 valence electrons. The van der Waals surface area contributed by atoms with Gasteiger partial charge in [0.2, 0.25) is 0 Å². The second-order valence-electron chi connectivity index (χ2n) is 6.43. The molecule has 1 saturated heterocycles. The van der Waals surface area contributed by atoms with Crippen LogP contribution in [0.5, 0.6) is 11.5 Å². The number of hydrogen-bond acceptors (Lipinski definition) is 8. The summed E-state index contributed by atoms with van der Waals surface area (Å²) in [5.41, 5.74) is 1.86. The number of alkyl carbamates (subject to hydrolysis) is 1. The normalized spacial score (nSPS) is 15.3. The number of cyclic esters (lactones) is 1. The zero-order valence-corrected chi connectivity index (χ0v) is 16.3. The Labute approximate surface area is 171 Å². The zero-order chi connectivity index (χ0) is 21.1. The predicted octanol–water partition coefficient (Wildman–Crippen LogP) is 2.44. The van der Waals surface area contributed by atoms with E-state index in [4.69, 9.17) is 14.2 Å². The first-order chi connectivity index (χ1) is 14.6. The topological polar surface area (TPSA) is 124 Å². The fraction of sp³-hybridized carbons (Fsp3) is 0.200. The second kappa shape index (κ2) is 8.11. The Morgan fingerprint density at radius 2 is 1.97 bits per heavy atom. The Morgan fingerprint density at radius 3 is 2.63 bits per heavy atom. The van der Waals surface area contributed by atoms with Crippen LogP contribution in [0.4, 0.5) is 22.0 Å². The maximum Gasteiger partial charge on any atom is 0.407 e. The van der Waals surface area contributed by atoms with E-state index in [0.717, 1.165) is 11.4 Å². The van der Waals surface area contributed by atoms with Crippen LogP contribution in [-0.2, 0) is 9.53 Å². The van der Waals surface area contributed by atoms with Gasteiger partial charge in [0.05, 0.1) is 25.4 Å². The summed E-state index contributed by atoms with van der Waals surface area (Å²) in [7, 11) is 3.10. The standard InChI is InChI=1S/C20H19N5O5/c1-28-12-5-3-11(4-6-12)23-18-13-7-15(17(29-2)8-14(13)21-10-22-18)24-19(26)16-9-30-20(27)25-16/h3-8,10,16H,9H2,1-2H3,(H,24,26)(H,25,27)(H,21,22,23)/t16-/m0/s1. The minimum Gasteiger partial charge on any atom is -0.497 e. The average Bonchev–Trinajstić information content (AvgIpc) is 3.20. The van der Waals surface area contributed by atoms with Crippen molar-refractivity contribution in [3.8, 4) is 11.5 Å². The summed E-state index contributed by atoms with van der Waals surface area (Å²) in [6, 6.07) is 10.0. The SMILES string of the molecule is COc1ccc(Nc2ncnc3cc(OC)c(NC(=O)[C@@H]4COC(=O)N4)cc23)cc1. The molecular weight excluding hydrogens is 390 g/mol. The number of rotatable bonds is 6. The molecule has 1 fully saturated rings. The minimum atomic E-state index is -0.776. The van der Waals surface area contributed by atoms with E-state index in [1.807, 2.05) is 24.3 Å². The maximum atomic E-state index is 12.5. The average molecular weight is 409 g/mol. The number of benzene rings is 2. The summed E-state index contributed by atoms with van der Waals surface area (Å²) in [6.45, 7) is -0.0338. The number of amides is 2. The van der Waals surface area contributed by atoms with Gasteiger partial charge in [0.1, 0.15) is 36.3 Å². The molecule has 0 unspecified atom stereocenters. The van der Waals surface area contributed by atoms with Crippen molar-refractivity contribution in [3.05, 3.63) is 42.7 Å². The Morgan fingerprint density at radius 1 is 1.17 bits per heavy atom. The van der Waals surface area contributed by atoms with Gasteiger partial charge in [0.15, 0.2) is 0 Å². The minimum absolute atomic E-state index is 0.0338. The first-order valence-corrected chi connectivity index (χ1v) is 9.05. The quantitative estimate of drug-likeness (QED) is 0.567. The first kappa shape index (κ1) is 19.2. The fourth-order valence-corrected chi connectivity index (χ4v) is 3.01. The van der Waals surface area contributed by atoms with Gasteiger partial charge >= 0.3 is 6.09 Å². The number of anilines is 3. The van der Waals surface area contributed by atoms with Crippen LogP contribution in [0.2, 0.25) is 0 Å². The molecule has 0 bridgehead atoms. The Balaban J connectivity index is 1.66. The summed E-state index contributed by atoms with van der Waals surface area (Å²) in [6.07, 6.45) is 0.817. The lowest BCUT2D eigenvalue weighted by molar-refractivity contribution is -0.117. The van der Waals surface area contributed by atoms with Crippen LogP contribution in [0.15, 0.2) is 42.7 Å². The summed E-state index contributed by atoms with van der Waals surface area (Å²) in [5, 5.41) is 9.12. The van der Waals surface area contributed by atoms with E-state index in [-0.39, 0.29) is 6.61 Å². The molecule has 0 saturated carbocycles. The number of nitrogens with one attached hydrogen (secondary N) is 3. The van der Waals surface area contributed by atoms with Gasteiger partial charge in [-0.05, 0) is 30.3 Å². The summed E-state index contributed by atoms with van der Waals surface area (Å²) < 4.78 is 15.3. The molecule has 1 aliphatic heterocycles. The Hall–Kier alpha value is -4.08. The molecule has 3 aromatic rings. The summed E-state index contributed by atoms with van der Waals surface area (Å²) in [5.74, 6) is 1.31. The lowest BCUT2D eigenvalue weighted by Gasteiger charge is -2.15. The number of fused-ring (bicyclic) bond motifs is 1. The number of methoxy groups -OCH3 is 2. The smallest absolute Gasteiger partial charge is 0.407 e. The van der Waals surface area contributed by atoms with Gasteiger partial charge < -0.3 is 30.2 Å². The number of carbonyl (C=O) groups is 2. The highest BCUT2D eigenvalue weighted by Crippen LogP contribution is 2.33. The third-order valence-electron chi connectivity index (χ3n) is 4.56. The van der Waals surface area contributed by atoms with E-state index in [1.54, 1.807) is 19.2 Å². The number of hydrogen-bond donors (Lipinski definition) is 3. The maximum absolute atomic E-state index is 12.5. The molecule has 1 aromatic heterocycles. The van der Waals surface area contributed by atoms with Crippen molar-refractivity contribution in [3.63, 3.8) is 0 Å². The van der Waals surface area contributed by atoms with E-state index in [1.165, 1.54) is 13.4 Å². The molecule has 1 atom stereocenters. The number of aromatic nitrogens is 2. The van der Waals surface area contributed by atoms with Crippen LogP contribution in [0.3, 0.4) is 0 Å². The molecule has 30 heavy (non-hydrogen) atoms. The van der Waals surface area contributed by atoms with Crippen molar-refractivity contribution in [2.75, 3.05) is 31.5 Å². The van der Waals surface area contributed by atoms with Gasteiger partial charge in [-0.2, -0.15) is 0 Å². The molecule has 10 nitrogen and oxygen atoms in total. The molecule has 10 heteroatoms. The number of ether oxygens (including phenoxy) is 3. The number of nitrogens with zero attached hydrogens (tertiary/aromatic N) is 2. The van der Waals surface area contributed by atoms with Crippen molar-refractivity contribution in [1.82, 2.24) is 15.3 Å². The van der Waals surface area contributed by atoms with Gasteiger partial charge in [-0.15, -0.1) is 0 Å². The third kappa shape index (κ3) is 3.88. The van der Waals surface area contributed by atoms with E-state index in [0.29, 0.717) is 28.2 Å². The fourth-order valence-electron chi connectivity index (χ4n) is 3.01. The lowest BCUT2D eigenvalue weighted by atomic mass is 10.1.